The molecule has 182 valence electrons. The molecule has 5 rings (SSSR count). The number of hydrogen-bond acceptors (Lipinski definition) is 6. The maximum atomic E-state index is 13.2. The van der Waals surface area contributed by atoms with Crippen molar-refractivity contribution in [1.29, 1.82) is 0 Å². The molecule has 0 spiro atoms. The first-order valence-corrected chi connectivity index (χ1v) is 11.7. The van der Waals surface area contributed by atoms with Crippen LogP contribution in [0.4, 0.5) is 11.6 Å². The summed E-state index contributed by atoms with van der Waals surface area (Å²) in [6, 6.07) is 15.2. The number of piperazine rings is 1. The van der Waals surface area contributed by atoms with Gasteiger partial charge in [0, 0.05) is 63.3 Å². The molecule has 1 atom stereocenters. The van der Waals surface area contributed by atoms with Crippen LogP contribution in [-0.4, -0.2) is 73.2 Å². The molecule has 0 radical (unpaired) electrons. The number of imidazole rings is 1. The van der Waals surface area contributed by atoms with Crippen molar-refractivity contribution in [2.45, 2.75) is 6.42 Å². The molecule has 9 heteroatoms. The molecule has 0 saturated carbocycles. The molecule has 1 aromatic heterocycles. The maximum absolute atomic E-state index is 13.2. The lowest BCUT2D eigenvalue weighted by Crippen LogP contribution is -2.51. The van der Waals surface area contributed by atoms with Gasteiger partial charge < -0.3 is 24.2 Å². The van der Waals surface area contributed by atoms with E-state index in [4.69, 9.17) is 9.47 Å². The van der Waals surface area contributed by atoms with Crippen molar-refractivity contribution in [2.24, 2.45) is 5.92 Å². The third-order valence-corrected chi connectivity index (χ3v) is 6.69. The summed E-state index contributed by atoms with van der Waals surface area (Å²) in [6.45, 7) is 2.95. The van der Waals surface area contributed by atoms with E-state index >= 15 is 0 Å². The number of anilines is 2. The molecule has 3 heterocycles. The first-order chi connectivity index (χ1) is 17.1. The summed E-state index contributed by atoms with van der Waals surface area (Å²) in [4.78, 5) is 36.2. The molecule has 0 bridgehead atoms. The summed E-state index contributed by atoms with van der Waals surface area (Å²) in [6.07, 6.45) is 3.95. The number of ether oxygens (including phenoxy) is 2. The standard InChI is InChI=1S/C26H29N5O4/c1-34-22-8-6-20(7-9-22)31-18-19(16-24(31)32)25(33)28-12-14-29(15-13-28)26-27-10-11-30(26)21-4-3-5-23(17-21)35-2/h3-11,17,19H,12-16,18H2,1-2H3. The van der Waals surface area contributed by atoms with Gasteiger partial charge in [-0.25, -0.2) is 4.98 Å². The molecule has 1 unspecified atom stereocenters. The molecular formula is C26H29N5O4. The van der Waals surface area contributed by atoms with E-state index in [0.717, 1.165) is 28.8 Å². The van der Waals surface area contributed by atoms with E-state index in [1.54, 1.807) is 25.3 Å². The monoisotopic (exact) mass is 475 g/mol. The fourth-order valence-electron chi connectivity index (χ4n) is 4.76. The SMILES string of the molecule is COc1ccc(N2CC(C(=O)N3CCN(c4nccn4-c4cccc(OC)c4)CC3)CC2=O)cc1. The van der Waals surface area contributed by atoms with Crippen molar-refractivity contribution < 1.29 is 19.1 Å². The first kappa shape index (κ1) is 22.8. The Morgan fingerprint density at radius 1 is 0.943 bits per heavy atom. The zero-order valence-electron chi connectivity index (χ0n) is 20.0. The van der Waals surface area contributed by atoms with Crippen molar-refractivity contribution >= 4 is 23.5 Å². The fourth-order valence-corrected chi connectivity index (χ4v) is 4.76. The number of benzene rings is 2. The topological polar surface area (TPSA) is 80.1 Å². The van der Waals surface area contributed by atoms with Gasteiger partial charge in [0.2, 0.25) is 17.8 Å². The van der Waals surface area contributed by atoms with Crippen LogP contribution in [0.15, 0.2) is 60.9 Å². The number of nitrogens with zero attached hydrogens (tertiary/aromatic N) is 5. The van der Waals surface area contributed by atoms with E-state index in [0.29, 0.717) is 32.7 Å². The fraction of sp³-hybridized carbons (Fsp3) is 0.346. The molecule has 2 fully saturated rings. The van der Waals surface area contributed by atoms with E-state index in [-0.39, 0.29) is 24.2 Å². The molecule has 9 nitrogen and oxygen atoms in total. The summed E-state index contributed by atoms with van der Waals surface area (Å²) in [5, 5.41) is 0. The van der Waals surface area contributed by atoms with Crippen LogP contribution in [0.1, 0.15) is 6.42 Å². The maximum Gasteiger partial charge on any atom is 0.228 e. The van der Waals surface area contributed by atoms with Crippen molar-refractivity contribution in [3.05, 3.63) is 60.9 Å². The molecule has 3 aromatic rings. The highest BCUT2D eigenvalue weighted by Gasteiger charge is 2.38. The largest absolute Gasteiger partial charge is 0.497 e. The van der Waals surface area contributed by atoms with E-state index < -0.39 is 0 Å². The normalized spacial score (nSPS) is 18.2. The number of methoxy groups -OCH3 is 2. The van der Waals surface area contributed by atoms with Crippen molar-refractivity contribution in [2.75, 3.05) is 56.7 Å². The summed E-state index contributed by atoms with van der Waals surface area (Å²) >= 11 is 0. The number of carbonyl (C=O) groups excluding carboxylic acids is 2. The van der Waals surface area contributed by atoms with Gasteiger partial charge in [-0.1, -0.05) is 6.07 Å². The number of rotatable bonds is 6. The van der Waals surface area contributed by atoms with Crippen LogP contribution in [0, 0.1) is 5.92 Å². The van der Waals surface area contributed by atoms with Gasteiger partial charge in [0.15, 0.2) is 0 Å². The Kier molecular flexibility index (Phi) is 6.31. The summed E-state index contributed by atoms with van der Waals surface area (Å²) in [5.41, 5.74) is 1.76. The second-order valence-electron chi connectivity index (χ2n) is 8.71. The molecule has 35 heavy (non-hydrogen) atoms. The smallest absolute Gasteiger partial charge is 0.228 e. The van der Waals surface area contributed by atoms with Crippen LogP contribution in [0.2, 0.25) is 0 Å². The minimum Gasteiger partial charge on any atom is -0.497 e. The van der Waals surface area contributed by atoms with Crippen LogP contribution in [0.3, 0.4) is 0 Å². The van der Waals surface area contributed by atoms with Gasteiger partial charge in [-0.3, -0.25) is 14.2 Å². The Morgan fingerprint density at radius 3 is 2.40 bits per heavy atom. The molecule has 2 aromatic carbocycles. The Morgan fingerprint density at radius 2 is 1.69 bits per heavy atom. The van der Waals surface area contributed by atoms with E-state index in [2.05, 4.69) is 9.88 Å². The Balaban J connectivity index is 1.21. The third kappa shape index (κ3) is 4.53. The van der Waals surface area contributed by atoms with Crippen molar-refractivity contribution in [3.63, 3.8) is 0 Å². The van der Waals surface area contributed by atoms with Gasteiger partial charge in [0.25, 0.3) is 0 Å². The average Bonchev–Trinajstić information content (AvgIpc) is 3.56. The highest BCUT2D eigenvalue weighted by atomic mass is 16.5. The van der Waals surface area contributed by atoms with Crippen LogP contribution >= 0.6 is 0 Å². The predicted molar refractivity (Wildman–Crippen MR) is 132 cm³/mol. The Labute approximate surface area is 204 Å². The molecule has 2 aliphatic heterocycles. The Hall–Kier alpha value is -4.01. The lowest BCUT2D eigenvalue weighted by molar-refractivity contribution is -0.136. The van der Waals surface area contributed by atoms with Gasteiger partial charge >= 0.3 is 0 Å². The first-order valence-electron chi connectivity index (χ1n) is 11.7. The highest BCUT2D eigenvalue weighted by Crippen LogP contribution is 2.29. The lowest BCUT2D eigenvalue weighted by Gasteiger charge is -2.36. The van der Waals surface area contributed by atoms with Crippen LogP contribution < -0.4 is 19.3 Å². The second-order valence-corrected chi connectivity index (χ2v) is 8.71. The van der Waals surface area contributed by atoms with E-state index in [1.165, 1.54) is 0 Å². The van der Waals surface area contributed by atoms with Gasteiger partial charge in [-0.2, -0.15) is 0 Å². The highest BCUT2D eigenvalue weighted by molar-refractivity contribution is 6.00. The summed E-state index contributed by atoms with van der Waals surface area (Å²) < 4.78 is 12.6. The molecule has 2 amide bonds. The van der Waals surface area contributed by atoms with Gasteiger partial charge in [-0.05, 0) is 36.4 Å². The van der Waals surface area contributed by atoms with Crippen LogP contribution in [0.5, 0.6) is 11.5 Å². The predicted octanol–water partition coefficient (Wildman–Crippen LogP) is 2.59. The number of amides is 2. The number of carbonyl (C=O) groups is 2. The zero-order valence-corrected chi connectivity index (χ0v) is 20.0. The van der Waals surface area contributed by atoms with Gasteiger partial charge in [0.1, 0.15) is 11.5 Å². The quantitative estimate of drug-likeness (QED) is 0.545. The lowest BCUT2D eigenvalue weighted by atomic mass is 10.1. The van der Waals surface area contributed by atoms with E-state index in [9.17, 15) is 9.59 Å². The summed E-state index contributed by atoms with van der Waals surface area (Å²) in [7, 11) is 3.26. The van der Waals surface area contributed by atoms with Crippen LogP contribution in [0.25, 0.3) is 5.69 Å². The van der Waals surface area contributed by atoms with Gasteiger partial charge in [0.05, 0.1) is 25.8 Å². The average molecular weight is 476 g/mol. The molecule has 0 aliphatic carbocycles. The number of aromatic nitrogens is 2. The molecule has 2 saturated heterocycles. The Bertz CT molecular complexity index is 1200. The minimum atomic E-state index is -0.324. The second kappa shape index (κ2) is 9.69. The number of hydrogen-bond donors (Lipinski definition) is 0. The zero-order chi connectivity index (χ0) is 24.4. The minimum absolute atomic E-state index is 0.0209. The molecule has 0 N–H and O–H groups in total. The van der Waals surface area contributed by atoms with E-state index in [1.807, 2.05) is 64.2 Å². The van der Waals surface area contributed by atoms with Crippen molar-refractivity contribution in [3.8, 4) is 17.2 Å². The molecule has 2 aliphatic rings. The van der Waals surface area contributed by atoms with Gasteiger partial charge in [-0.15, -0.1) is 0 Å². The van der Waals surface area contributed by atoms with Crippen LogP contribution in [-0.2, 0) is 9.59 Å². The van der Waals surface area contributed by atoms with Crippen molar-refractivity contribution in [1.82, 2.24) is 14.5 Å². The third-order valence-electron chi connectivity index (χ3n) is 6.69. The summed E-state index contributed by atoms with van der Waals surface area (Å²) in [5.74, 6) is 2.06. The molecular weight excluding hydrogens is 446 g/mol.